The number of hydrogen-bond acceptors (Lipinski definition) is 1. The number of halogens is 2. The quantitative estimate of drug-likeness (QED) is 0.372. The second-order valence-corrected chi connectivity index (χ2v) is 7.00. The SMILES string of the molecule is O=Cc1c(-c2cccc(Cl)c2)n(Cc2cccc(Cl)c2)c2ccccc12. The van der Waals surface area contributed by atoms with Crippen LogP contribution in [0, 0.1) is 0 Å². The van der Waals surface area contributed by atoms with Gasteiger partial charge in [-0.15, -0.1) is 0 Å². The molecule has 0 unspecified atom stereocenters. The molecule has 0 amide bonds. The largest absolute Gasteiger partial charge is 0.335 e. The van der Waals surface area contributed by atoms with E-state index in [4.69, 9.17) is 23.2 Å². The van der Waals surface area contributed by atoms with Crippen LogP contribution in [0.2, 0.25) is 10.0 Å². The van der Waals surface area contributed by atoms with Crippen LogP contribution in [0.3, 0.4) is 0 Å². The Balaban J connectivity index is 2.00. The Morgan fingerprint density at radius 3 is 2.31 bits per heavy atom. The molecule has 128 valence electrons. The number of carbonyl (C=O) groups excluding carboxylic acids is 1. The molecule has 0 aliphatic heterocycles. The van der Waals surface area contributed by atoms with Gasteiger partial charge in [0.2, 0.25) is 0 Å². The molecule has 3 aromatic carbocycles. The number of aldehydes is 1. The maximum Gasteiger partial charge on any atom is 0.152 e. The summed E-state index contributed by atoms with van der Waals surface area (Å²) < 4.78 is 2.15. The summed E-state index contributed by atoms with van der Waals surface area (Å²) in [4.78, 5) is 12.0. The number of carbonyl (C=O) groups is 1. The van der Waals surface area contributed by atoms with Gasteiger partial charge in [-0.3, -0.25) is 4.79 Å². The predicted octanol–water partition coefficient (Wildman–Crippen LogP) is 6.48. The second-order valence-electron chi connectivity index (χ2n) is 6.12. The van der Waals surface area contributed by atoms with Crippen LogP contribution < -0.4 is 0 Å². The van der Waals surface area contributed by atoms with Crippen molar-refractivity contribution in [3.8, 4) is 11.3 Å². The molecule has 4 aromatic rings. The molecule has 0 bridgehead atoms. The standard InChI is InChI=1S/C22H15Cl2NO/c23-17-7-3-5-15(11-17)13-25-21-10-2-1-9-19(21)20(14-26)22(25)16-6-4-8-18(24)12-16/h1-12,14H,13H2. The molecule has 0 radical (unpaired) electrons. The van der Waals surface area contributed by atoms with E-state index >= 15 is 0 Å². The van der Waals surface area contributed by atoms with Crippen LogP contribution >= 0.6 is 23.2 Å². The van der Waals surface area contributed by atoms with Gasteiger partial charge in [-0.2, -0.15) is 0 Å². The van der Waals surface area contributed by atoms with Crippen LogP contribution in [0.5, 0.6) is 0 Å². The zero-order valence-corrected chi connectivity index (χ0v) is 15.3. The fourth-order valence-corrected chi connectivity index (χ4v) is 3.78. The Kier molecular flexibility index (Phi) is 4.54. The van der Waals surface area contributed by atoms with Crippen LogP contribution in [0.4, 0.5) is 0 Å². The van der Waals surface area contributed by atoms with Crippen LogP contribution in [-0.4, -0.2) is 10.9 Å². The first-order valence-electron chi connectivity index (χ1n) is 8.24. The second kappa shape index (κ2) is 6.99. The lowest BCUT2D eigenvalue weighted by Crippen LogP contribution is -2.02. The molecule has 0 atom stereocenters. The van der Waals surface area contributed by atoms with Crippen molar-refractivity contribution in [1.82, 2.24) is 4.57 Å². The first kappa shape index (κ1) is 16.9. The number of nitrogens with zero attached hydrogens (tertiary/aromatic N) is 1. The molecular weight excluding hydrogens is 365 g/mol. The van der Waals surface area contributed by atoms with E-state index in [1.807, 2.05) is 72.8 Å². The fraction of sp³-hybridized carbons (Fsp3) is 0.0455. The molecule has 0 saturated carbocycles. The normalized spacial score (nSPS) is 11.0. The molecule has 0 aliphatic carbocycles. The van der Waals surface area contributed by atoms with Gasteiger partial charge in [0.25, 0.3) is 0 Å². The van der Waals surface area contributed by atoms with E-state index in [1.54, 1.807) is 0 Å². The van der Waals surface area contributed by atoms with E-state index in [0.717, 1.165) is 34.0 Å². The third kappa shape index (κ3) is 3.03. The molecule has 4 heteroatoms. The summed E-state index contributed by atoms with van der Waals surface area (Å²) in [5, 5.41) is 2.26. The monoisotopic (exact) mass is 379 g/mol. The van der Waals surface area contributed by atoms with Crippen molar-refractivity contribution in [2.24, 2.45) is 0 Å². The average Bonchev–Trinajstić information content (AvgIpc) is 2.95. The summed E-state index contributed by atoms with van der Waals surface area (Å²) in [7, 11) is 0. The third-order valence-corrected chi connectivity index (χ3v) is 4.93. The molecule has 26 heavy (non-hydrogen) atoms. The first-order chi connectivity index (χ1) is 12.7. The minimum Gasteiger partial charge on any atom is -0.335 e. The third-order valence-electron chi connectivity index (χ3n) is 4.46. The van der Waals surface area contributed by atoms with Crippen molar-refractivity contribution in [3.05, 3.63) is 94.0 Å². The highest BCUT2D eigenvalue weighted by atomic mass is 35.5. The van der Waals surface area contributed by atoms with Crippen molar-refractivity contribution in [2.75, 3.05) is 0 Å². The van der Waals surface area contributed by atoms with Crippen molar-refractivity contribution < 1.29 is 4.79 Å². The Morgan fingerprint density at radius 2 is 1.58 bits per heavy atom. The van der Waals surface area contributed by atoms with Gasteiger partial charge in [0.1, 0.15) is 0 Å². The fourth-order valence-electron chi connectivity index (χ4n) is 3.38. The highest BCUT2D eigenvalue weighted by molar-refractivity contribution is 6.31. The minimum absolute atomic E-state index is 0.608. The number of fused-ring (bicyclic) bond motifs is 1. The summed E-state index contributed by atoms with van der Waals surface area (Å²) in [6.07, 6.45) is 0.924. The van der Waals surface area contributed by atoms with Gasteiger partial charge < -0.3 is 4.57 Å². The van der Waals surface area contributed by atoms with E-state index < -0.39 is 0 Å². The zero-order valence-electron chi connectivity index (χ0n) is 13.8. The summed E-state index contributed by atoms with van der Waals surface area (Å²) in [6.45, 7) is 0.608. The van der Waals surface area contributed by atoms with Crippen LogP contribution in [0.15, 0.2) is 72.8 Å². The highest BCUT2D eigenvalue weighted by Crippen LogP contribution is 2.34. The lowest BCUT2D eigenvalue weighted by atomic mass is 10.1. The molecule has 0 fully saturated rings. The maximum absolute atomic E-state index is 12.0. The number of para-hydroxylation sites is 1. The molecule has 0 N–H and O–H groups in total. The van der Waals surface area contributed by atoms with E-state index in [2.05, 4.69) is 4.57 Å². The Morgan fingerprint density at radius 1 is 0.846 bits per heavy atom. The molecule has 0 saturated heterocycles. The summed E-state index contributed by atoms with van der Waals surface area (Å²) >= 11 is 12.4. The minimum atomic E-state index is 0.608. The van der Waals surface area contributed by atoms with Gasteiger partial charge in [0.05, 0.1) is 5.69 Å². The number of hydrogen-bond donors (Lipinski definition) is 0. The van der Waals surface area contributed by atoms with E-state index in [1.165, 1.54) is 0 Å². The Labute approximate surface area is 161 Å². The number of rotatable bonds is 4. The predicted molar refractivity (Wildman–Crippen MR) is 108 cm³/mol. The topological polar surface area (TPSA) is 22.0 Å². The molecule has 2 nitrogen and oxygen atoms in total. The molecule has 4 rings (SSSR count). The smallest absolute Gasteiger partial charge is 0.152 e. The average molecular weight is 380 g/mol. The van der Waals surface area contributed by atoms with Gasteiger partial charge >= 0.3 is 0 Å². The van der Waals surface area contributed by atoms with E-state index in [0.29, 0.717) is 22.2 Å². The number of benzene rings is 3. The number of aromatic nitrogens is 1. The van der Waals surface area contributed by atoms with Crippen molar-refractivity contribution >= 4 is 40.4 Å². The van der Waals surface area contributed by atoms with Gasteiger partial charge in [0, 0.05) is 38.6 Å². The van der Waals surface area contributed by atoms with Crippen molar-refractivity contribution in [1.29, 1.82) is 0 Å². The van der Waals surface area contributed by atoms with Gasteiger partial charge in [-0.1, -0.05) is 65.7 Å². The molecule has 0 aliphatic rings. The Hall–Kier alpha value is -2.55. The van der Waals surface area contributed by atoms with Gasteiger partial charge in [0.15, 0.2) is 6.29 Å². The van der Waals surface area contributed by atoms with Gasteiger partial charge in [-0.05, 0) is 35.9 Å². The summed E-state index contributed by atoms with van der Waals surface area (Å²) in [5.74, 6) is 0. The van der Waals surface area contributed by atoms with Crippen LogP contribution in [0.1, 0.15) is 15.9 Å². The van der Waals surface area contributed by atoms with Crippen LogP contribution in [0.25, 0.3) is 22.2 Å². The maximum atomic E-state index is 12.0. The lowest BCUT2D eigenvalue weighted by Gasteiger charge is -2.12. The lowest BCUT2D eigenvalue weighted by molar-refractivity contribution is 0.112. The highest BCUT2D eigenvalue weighted by Gasteiger charge is 2.18. The summed E-state index contributed by atoms with van der Waals surface area (Å²) in [5.41, 5.74) is 4.52. The van der Waals surface area contributed by atoms with Crippen molar-refractivity contribution in [3.63, 3.8) is 0 Å². The zero-order chi connectivity index (χ0) is 18.1. The summed E-state index contributed by atoms with van der Waals surface area (Å²) in [6, 6.07) is 23.3. The Bertz CT molecular complexity index is 1110. The molecular formula is C22H15Cl2NO. The first-order valence-corrected chi connectivity index (χ1v) is 9.00. The molecule has 0 spiro atoms. The van der Waals surface area contributed by atoms with E-state index in [-0.39, 0.29) is 0 Å². The molecule has 1 heterocycles. The van der Waals surface area contributed by atoms with Crippen molar-refractivity contribution in [2.45, 2.75) is 6.54 Å². The molecule has 1 aromatic heterocycles. The van der Waals surface area contributed by atoms with Crippen LogP contribution in [-0.2, 0) is 6.54 Å². The van der Waals surface area contributed by atoms with E-state index in [9.17, 15) is 4.79 Å². The van der Waals surface area contributed by atoms with Gasteiger partial charge in [-0.25, -0.2) is 0 Å².